The summed E-state index contributed by atoms with van der Waals surface area (Å²) in [6.45, 7) is 3.76. The van der Waals surface area contributed by atoms with Gasteiger partial charge >= 0.3 is 0 Å². The van der Waals surface area contributed by atoms with E-state index in [1.165, 1.54) is 37.4 Å². The highest BCUT2D eigenvalue weighted by Gasteiger charge is 2.19. The fraction of sp³-hybridized carbons (Fsp3) is 0.150. The number of nitrogens with one attached hydrogen (secondary N) is 1. The lowest BCUT2D eigenvalue weighted by Gasteiger charge is -2.14. The molecular formula is C20H18FN3O3. The smallest absolute Gasteiger partial charge is 0.280 e. The van der Waals surface area contributed by atoms with E-state index in [1.807, 2.05) is 32.0 Å². The van der Waals surface area contributed by atoms with Gasteiger partial charge in [0.05, 0.1) is 18.9 Å². The van der Waals surface area contributed by atoms with Crippen LogP contribution in [-0.4, -0.2) is 22.8 Å². The number of aromatic nitrogens is 2. The van der Waals surface area contributed by atoms with Crippen LogP contribution in [0.5, 0.6) is 5.75 Å². The van der Waals surface area contributed by atoms with Gasteiger partial charge in [-0.05, 0) is 49.2 Å². The van der Waals surface area contributed by atoms with Crippen LogP contribution in [0.25, 0.3) is 5.69 Å². The van der Waals surface area contributed by atoms with Crippen molar-refractivity contribution in [1.29, 1.82) is 0 Å². The van der Waals surface area contributed by atoms with E-state index in [-0.39, 0.29) is 11.4 Å². The minimum absolute atomic E-state index is 0.0518. The van der Waals surface area contributed by atoms with Crippen molar-refractivity contribution in [2.45, 2.75) is 13.8 Å². The maximum Gasteiger partial charge on any atom is 0.280 e. The largest absolute Gasteiger partial charge is 0.494 e. The van der Waals surface area contributed by atoms with Crippen LogP contribution in [0.1, 0.15) is 21.6 Å². The molecule has 7 heteroatoms. The summed E-state index contributed by atoms with van der Waals surface area (Å²) in [5.41, 5.74) is 2.26. The number of nitrogens with zero attached hydrogens (tertiary/aromatic N) is 2. The zero-order chi connectivity index (χ0) is 19.6. The molecule has 1 heterocycles. The first-order chi connectivity index (χ1) is 12.9. The van der Waals surface area contributed by atoms with Gasteiger partial charge in [-0.1, -0.05) is 18.2 Å². The summed E-state index contributed by atoms with van der Waals surface area (Å²) in [6.07, 6.45) is 0. The third-order valence-electron chi connectivity index (χ3n) is 4.12. The zero-order valence-electron chi connectivity index (χ0n) is 15.1. The summed E-state index contributed by atoms with van der Waals surface area (Å²) in [4.78, 5) is 25.1. The molecule has 0 aliphatic carbocycles. The second-order valence-electron chi connectivity index (χ2n) is 6.01. The van der Waals surface area contributed by atoms with Gasteiger partial charge in [0.25, 0.3) is 11.5 Å². The van der Waals surface area contributed by atoms with E-state index in [2.05, 4.69) is 10.4 Å². The third-order valence-corrected chi connectivity index (χ3v) is 4.12. The Morgan fingerprint density at radius 3 is 2.33 bits per heavy atom. The fourth-order valence-electron chi connectivity index (χ4n) is 2.70. The number of benzene rings is 2. The molecule has 0 spiro atoms. The number of halogens is 1. The maximum absolute atomic E-state index is 13.2. The molecule has 0 fully saturated rings. The number of hydrogen-bond donors (Lipinski definition) is 1. The van der Waals surface area contributed by atoms with E-state index in [0.717, 1.165) is 15.8 Å². The molecule has 3 rings (SSSR count). The van der Waals surface area contributed by atoms with Gasteiger partial charge in [-0.2, -0.15) is 9.78 Å². The molecule has 2 aromatic carbocycles. The molecule has 0 bridgehead atoms. The lowest BCUT2D eigenvalue weighted by atomic mass is 10.1. The van der Waals surface area contributed by atoms with E-state index >= 15 is 0 Å². The molecule has 0 aliphatic rings. The van der Waals surface area contributed by atoms with Crippen LogP contribution in [0.2, 0.25) is 0 Å². The lowest BCUT2D eigenvalue weighted by molar-refractivity contribution is 0.101. The molecule has 3 aromatic rings. The van der Waals surface area contributed by atoms with Crippen LogP contribution in [0, 0.1) is 19.7 Å². The van der Waals surface area contributed by atoms with Gasteiger partial charge in [0.1, 0.15) is 5.82 Å². The third kappa shape index (κ3) is 3.72. The van der Waals surface area contributed by atoms with Crippen LogP contribution in [0.3, 0.4) is 0 Å². The number of rotatable bonds is 4. The quantitative estimate of drug-likeness (QED) is 0.768. The summed E-state index contributed by atoms with van der Waals surface area (Å²) < 4.78 is 19.3. The Balaban J connectivity index is 2.06. The number of para-hydroxylation sites is 1. The van der Waals surface area contributed by atoms with E-state index in [9.17, 15) is 14.0 Å². The van der Waals surface area contributed by atoms with Crippen LogP contribution >= 0.6 is 0 Å². The Kier molecular flexibility index (Phi) is 5.03. The van der Waals surface area contributed by atoms with Crippen molar-refractivity contribution in [2.24, 2.45) is 0 Å². The molecule has 6 nitrogen and oxygen atoms in total. The normalized spacial score (nSPS) is 10.5. The molecule has 1 N–H and O–H groups in total. The summed E-state index contributed by atoms with van der Waals surface area (Å²) in [5, 5.41) is 6.96. The van der Waals surface area contributed by atoms with Crippen molar-refractivity contribution in [2.75, 3.05) is 12.4 Å². The molecule has 0 aliphatic heterocycles. The summed E-state index contributed by atoms with van der Waals surface area (Å²) >= 11 is 0. The fourth-order valence-corrected chi connectivity index (χ4v) is 2.70. The van der Waals surface area contributed by atoms with Crippen molar-refractivity contribution in [3.8, 4) is 11.4 Å². The lowest BCUT2D eigenvalue weighted by Crippen LogP contribution is -2.26. The highest BCUT2D eigenvalue weighted by Crippen LogP contribution is 2.22. The highest BCUT2D eigenvalue weighted by molar-refractivity contribution is 6.05. The van der Waals surface area contributed by atoms with Crippen LogP contribution in [0.15, 0.2) is 53.3 Å². The molecule has 1 aromatic heterocycles. The summed E-state index contributed by atoms with van der Waals surface area (Å²) in [6, 6.07) is 12.1. The molecule has 0 radical (unpaired) electrons. The molecule has 0 saturated carbocycles. The topological polar surface area (TPSA) is 73.2 Å². The predicted molar refractivity (Wildman–Crippen MR) is 100 cm³/mol. The van der Waals surface area contributed by atoms with Crippen LogP contribution in [0.4, 0.5) is 10.1 Å². The van der Waals surface area contributed by atoms with E-state index < -0.39 is 17.3 Å². The van der Waals surface area contributed by atoms with Crippen LogP contribution in [-0.2, 0) is 0 Å². The number of aryl methyl sites for hydroxylation is 2. The van der Waals surface area contributed by atoms with E-state index in [1.54, 1.807) is 0 Å². The Labute approximate surface area is 155 Å². The van der Waals surface area contributed by atoms with Gasteiger partial charge < -0.3 is 10.1 Å². The Morgan fingerprint density at radius 1 is 1.11 bits per heavy atom. The minimum Gasteiger partial charge on any atom is -0.494 e. The van der Waals surface area contributed by atoms with E-state index in [4.69, 9.17) is 4.74 Å². The molecule has 138 valence electrons. The molecule has 0 atom stereocenters. The predicted octanol–water partition coefficient (Wildman–Crippen LogP) is 3.25. The first-order valence-corrected chi connectivity index (χ1v) is 8.22. The van der Waals surface area contributed by atoms with Gasteiger partial charge in [0, 0.05) is 5.69 Å². The molecule has 1 amide bonds. The summed E-state index contributed by atoms with van der Waals surface area (Å²) in [5.74, 6) is -0.893. The molecule has 27 heavy (non-hydrogen) atoms. The van der Waals surface area contributed by atoms with Crippen molar-refractivity contribution in [3.05, 3.63) is 81.5 Å². The first kappa shape index (κ1) is 18.3. The Bertz CT molecular complexity index is 1040. The zero-order valence-corrected chi connectivity index (χ0v) is 15.1. The van der Waals surface area contributed by atoms with E-state index in [0.29, 0.717) is 11.4 Å². The number of carbonyl (C=O) groups excluding carboxylic acids is 1. The number of amides is 1. The van der Waals surface area contributed by atoms with Gasteiger partial charge in [-0.3, -0.25) is 9.59 Å². The summed E-state index contributed by atoms with van der Waals surface area (Å²) in [7, 11) is 1.36. The standard InChI is InChI=1S/C20H18FN3O3/c1-12-5-4-6-13(2)18(12)22-20(26)19-16(27-3)11-17(25)24(23-19)15-9-7-14(21)8-10-15/h4-11H,1-3H3,(H,22,26). The van der Waals surface area contributed by atoms with Crippen molar-refractivity contribution in [3.63, 3.8) is 0 Å². The highest BCUT2D eigenvalue weighted by atomic mass is 19.1. The van der Waals surface area contributed by atoms with Gasteiger partial charge in [0.15, 0.2) is 11.4 Å². The minimum atomic E-state index is -0.514. The number of anilines is 1. The Morgan fingerprint density at radius 2 is 1.74 bits per heavy atom. The monoisotopic (exact) mass is 367 g/mol. The molecule has 0 unspecified atom stereocenters. The average Bonchev–Trinajstić information content (AvgIpc) is 2.65. The Hall–Kier alpha value is -3.48. The second kappa shape index (κ2) is 7.41. The molecule has 0 saturated heterocycles. The second-order valence-corrected chi connectivity index (χ2v) is 6.01. The van der Waals surface area contributed by atoms with Gasteiger partial charge in [-0.25, -0.2) is 4.39 Å². The molecular weight excluding hydrogens is 349 g/mol. The number of carbonyl (C=O) groups is 1. The number of ether oxygens (including phenoxy) is 1. The average molecular weight is 367 g/mol. The number of hydrogen-bond acceptors (Lipinski definition) is 4. The maximum atomic E-state index is 13.2. The van der Waals surface area contributed by atoms with Crippen molar-refractivity contribution >= 4 is 11.6 Å². The van der Waals surface area contributed by atoms with Crippen molar-refractivity contribution in [1.82, 2.24) is 9.78 Å². The van der Waals surface area contributed by atoms with Crippen LogP contribution < -0.4 is 15.6 Å². The SMILES string of the molecule is COc1cc(=O)n(-c2ccc(F)cc2)nc1C(=O)Nc1c(C)cccc1C. The number of methoxy groups -OCH3 is 1. The van der Waals surface area contributed by atoms with Gasteiger partial charge in [0.2, 0.25) is 0 Å². The first-order valence-electron chi connectivity index (χ1n) is 8.22. The van der Waals surface area contributed by atoms with Crippen molar-refractivity contribution < 1.29 is 13.9 Å². The van der Waals surface area contributed by atoms with Gasteiger partial charge in [-0.15, -0.1) is 0 Å².